The number of anilines is 1. The topological polar surface area (TPSA) is 15.6 Å². The maximum absolute atomic E-state index is 4.55. The molecule has 0 saturated heterocycles. The van der Waals surface area contributed by atoms with E-state index in [0.29, 0.717) is 0 Å². The first-order valence-electron chi connectivity index (χ1n) is 6.97. The first-order valence-corrected chi connectivity index (χ1v) is 6.97. The maximum Gasteiger partial charge on any atom is 0.0876 e. The van der Waals surface area contributed by atoms with Crippen LogP contribution in [0.2, 0.25) is 0 Å². The van der Waals surface area contributed by atoms with E-state index in [1.54, 1.807) is 0 Å². The van der Waals surface area contributed by atoms with Gasteiger partial charge in [-0.2, -0.15) is 0 Å². The summed E-state index contributed by atoms with van der Waals surface area (Å²) in [7, 11) is 2.05. The third-order valence-corrected chi connectivity index (χ3v) is 4.06. The standard InChI is InChI=1S/C17H20N2/c1-12-9-15(14-7-5-4-6-8-14)10-16-17(12)19(3)13(2)11-18-16/h7,9-11H,2,4-6,8H2,1,3H3. The van der Waals surface area contributed by atoms with Gasteiger partial charge in [0.25, 0.3) is 0 Å². The second-order valence-electron chi connectivity index (χ2n) is 5.44. The van der Waals surface area contributed by atoms with E-state index >= 15 is 0 Å². The summed E-state index contributed by atoms with van der Waals surface area (Å²) in [6.45, 7) is 6.18. The first kappa shape index (κ1) is 12.2. The molecule has 1 aromatic carbocycles. The molecule has 0 N–H and O–H groups in total. The van der Waals surface area contributed by atoms with Crippen LogP contribution in [0.4, 0.5) is 11.4 Å². The lowest BCUT2D eigenvalue weighted by Gasteiger charge is -2.27. The zero-order valence-electron chi connectivity index (χ0n) is 11.7. The molecule has 0 fully saturated rings. The lowest BCUT2D eigenvalue weighted by molar-refractivity contribution is 0.742. The van der Waals surface area contributed by atoms with Crippen molar-refractivity contribution < 1.29 is 0 Å². The molecule has 98 valence electrons. The Hall–Kier alpha value is -1.83. The number of aliphatic imine (C=N–C) groups is 1. The minimum atomic E-state index is 0.945. The smallest absolute Gasteiger partial charge is 0.0876 e. The molecule has 0 atom stereocenters. The average molecular weight is 252 g/mol. The van der Waals surface area contributed by atoms with Gasteiger partial charge in [-0.15, -0.1) is 0 Å². The van der Waals surface area contributed by atoms with Gasteiger partial charge in [0.15, 0.2) is 0 Å². The molecule has 19 heavy (non-hydrogen) atoms. The molecule has 0 spiro atoms. The minimum Gasteiger partial charge on any atom is -0.342 e. The fourth-order valence-corrected chi connectivity index (χ4v) is 2.96. The Morgan fingerprint density at radius 3 is 2.84 bits per heavy atom. The highest BCUT2D eigenvalue weighted by atomic mass is 15.1. The van der Waals surface area contributed by atoms with Gasteiger partial charge in [0.1, 0.15) is 0 Å². The van der Waals surface area contributed by atoms with Crippen LogP contribution < -0.4 is 4.90 Å². The summed E-state index contributed by atoms with van der Waals surface area (Å²) in [5.74, 6) is 0. The molecule has 0 saturated carbocycles. The summed E-state index contributed by atoms with van der Waals surface area (Å²) >= 11 is 0. The molecular weight excluding hydrogens is 232 g/mol. The highest BCUT2D eigenvalue weighted by Crippen LogP contribution is 2.39. The van der Waals surface area contributed by atoms with E-state index in [0.717, 1.165) is 11.4 Å². The Morgan fingerprint density at radius 2 is 2.11 bits per heavy atom. The molecule has 1 aliphatic carbocycles. The molecule has 2 nitrogen and oxygen atoms in total. The van der Waals surface area contributed by atoms with Gasteiger partial charge in [0, 0.05) is 7.05 Å². The first-order chi connectivity index (χ1) is 9.16. The summed E-state index contributed by atoms with van der Waals surface area (Å²) < 4.78 is 0. The van der Waals surface area contributed by atoms with Crippen molar-refractivity contribution in [1.82, 2.24) is 0 Å². The maximum atomic E-state index is 4.55. The highest BCUT2D eigenvalue weighted by Gasteiger charge is 2.18. The third kappa shape index (κ3) is 2.12. The van der Waals surface area contributed by atoms with Gasteiger partial charge in [0.2, 0.25) is 0 Å². The summed E-state index contributed by atoms with van der Waals surface area (Å²) in [6.07, 6.45) is 9.28. The van der Waals surface area contributed by atoms with Crippen molar-refractivity contribution in [1.29, 1.82) is 0 Å². The van der Waals surface area contributed by atoms with Crippen LogP contribution in [0.25, 0.3) is 5.57 Å². The molecule has 1 heterocycles. The molecule has 1 aliphatic heterocycles. The van der Waals surface area contributed by atoms with E-state index < -0.39 is 0 Å². The number of hydrogen-bond acceptors (Lipinski definition) is 2. The largest absolute Gasteiger partial charge is 0.342 e. The van der Waals surface area contributed by atoms with Gasteiger partial charge < -0.3 is 4.90 Å². The van der Waals surface area contributed by atoms with Crippen LogP contribution in [0.5, 0.6) is 0 Å². The van der Waals surface area contributed by atoms with Crippen LogP contribution in [0.15, 0.2) is 35.5 Å². The van der Waals surface area contributed by atoms with Crippen molar-refractivity contribution in [3.05, 3.63) is 41.6 Å². The molecular formula is C17H20N2. The van der Waals surface area contributed by atoms with Crippen molar-refractivity contribution in [2.45, 2.75) is 32.6 Å². The van der Waals surface area contributed by atoms with Gasteiger partial charge >= 0.3 is 0 Å². The predicted octanol–water partition coefficient (Wildman–Crippen LogP) is 4.62. The Bertz CT molecular complexity index is 594. The molecule has 2 heteroatoms. The van der Waals surface area contributed by atoms with Crippen LogP contribution in [0, 0.1) is 6.92 Å². The zero-order valence-corrected chi connectivity index (χ0v) is 11.7. The summed E-state index contributed by atoms with van der Waals surface area (Å²) in [4.78, 5) is 6.67. The van der Waals surface area contributed by atoms with E-state index in [1.165, 1.54) is 48.1 Å². The number of fused-ring (bicyclic) bond motifs is 1. The monoisotopic (exact) mass is 252 g/mol. The number of rotatable bonds is 1. The second-order valence-corrected chi connectivity index (χ2v) is 5.44. The van der Waals surface area contributed by atoms with Gasteiger partial charge in [-0.25, -0.2) is 0 Å². The molecule has 0 unspecified atom stereocenters. The van der Waals surface area contributed by atoms with Gasteiger partial charge in [0.05, 0.1) is 23.3 Å². The van der Waals surface area contributed by atoms with E-state index in [2.05, 4.69) is 48.7 Å². The van der Waals surface area contributed by atoms with Crippen molar-refractivity contribution in [3.63, 3.8) is 0 Å². The van der Waals surface area contributed by atoms with Crippen molar-refractivity contribution in [2.24, 2.45) is 4.99 Å². The Morgan fingerprint density at radius 1 is 1.26 bits per heavy atom. The van der Waals surface area contributed by atoms with E-state index in [4.69, 9.17) is 0 Å². The lowest BCUT2D eigenvalue weighted by Crippen LogP contribution is -2.20. The van der Waals surface area contributed by atoms with E-state index in [1.807, 2.05) is 6.21 Å². The van der Waals surface area contributed by atoms with Gasteiger partial charge in [-0.05, 0) is 61.4 Å². The molecule has 3 rings (SSSR count). The Labute approximate surface area is 115 Å². The van der Waals surface area contributed by atoms with E-state index in [-0.39, 0.29) is 0 Å². The van der Waals surface area contributed by atoms with Crippen LogP contribution in [0.1, 0.15) is 36.8 Å². The zero-order chi connectivity index (χ0) is 13.4. The molecule has 0 bridgehead atoms. The highest BCUT2D eigenvalue weighted by molar-refractivity contribution is 5.94. The van der Waals surface area contributed by atoms with Crippen LogP contribution in [-0.2, 0) is 0 Å². The third-order valence-electron chi connectivity index (χ3n) is 4.06. The van der Waals surface area contributed by atoms with E-state index in [9.17, 15) is 0 Å². The fourth-order valence-electron chi connectivity index (χ4n) is 2.96. The van der Waals surface area contributed by atoms with Gasteiger partial charge in [-0.1, -0.05) is 12.7 Å². The Kier molecular flexibility index (Phi) is 3.02. The fraction of sp³-hybridized carbons (Fsp3) is 0.353. The normalized spacial score (nSPS) is 18.3. The molecule has 2 aliphatic rings. The number of allylic oxidation sites excluding steroid dienone is 3. The Balaban J connectivity index is 2.09. The van der Waals surface area contributed by atoms with Crippen LogP contribution in [-0.4, -0.2) is 13.3 Å². The molecule has 1 aromatic rings. The summed E-state index contributed by atoms with van der Waals surface area (Å²) in [5.41, 5.74) is 7.30. The van der Waals surface area contributed by atoms with Gasteiger partial charge in [-0.3, -0.25) is 4.99 Å². The lowest BCUT2D eigenvalue weighted by atomic mass is 9.91. The number of benzene rings is 1. The minimum absolute atomic E-state index is 0.945. The van der Waals surface area contributed by atoms with Crippen molar-refractivity contribution in [2.75, 3.05) is 11.9 Å². The van der Waals surface area contributed by atoms with Crippen LogP contribution >= 0.6 is 0 Å². The van der Waals surface area contributed by atoms with Crippen molar-refractivity contribution >= 4 is 23.2 Å². The molecule has 0 amide bonds. The molecule has 0 radical (unpaired) electrons. The average Bonchev–Trinajstić information content (AvgIpc) is 2.43. The predicted molar refractivity (Wildman–Crippen MR) is 83.3 cm³/mol. The quantitative estimate of drug-likeness (QED) is 0.712. The summed E-state index contributed by atoms with van der Waals surface area (Å²) in [6, 6.07) is 4.51. The number of aryl methyl sites for hydroxylation is 1. The van der Waals surface area contributed by atoms with Crippen LogP contribution in [0.3, 0.4) is 0 Å². The summed E-state index contributed by atoms with van der Waals surface area (Å²) in [5, 5.41) is 0. The van der Waals surface area contributed by atoms with Crippen molar-refractivity contribution in [3.8, 4) is 0 Å². The molecule has 0 aromatic heterocycles. The second kappa shape index (κ2) is 4.69. The SMILES string of the molecule is C=C1C=Nc2cc(C3=CCCCC3)cc(C)c2N1C. The number of nitrogens with zero attached hydrogens (tertiary/aromatic N) is 2. The number of hydrogen-bond donors (Lipinski definition) is 0.